The largest absolute Gasteiger partial charge is 0.357 e. The van der Waals surface area contributed by atoms with Crippen LogP contribution in [0.5, 0.6) is 0 Å². The van der Waals surface area contributed by atoms with E-state index in [0.717, 1.165) is 44.9 Å². The van der Waals surface area contributed by atoms with Gasteiger partial charge >= 0.3 is 0 Å². The summed E-state index contributed by atoms with van der Waals surface area (Å²) in [6.45, 7) is 5.70. The molecule has 6 nitrogen and oxygen atoms in total. The van der Waals surface area contributed by atoms with Crippen molar-refractivity contribution in [1.82, 2.24) is 15.1 Å². The van der Waals surface area contributed by atoms with Gasteiger partial charge in [0.2, 0.25) is 11.8 Å². The summed E-state index contributed by atoms with van der Waals surface area (Å²) in [7, 11) is 0. The van der Waals surface area contributed by atoms with Gasteiger partial charge in [-0.25, -0.2) is 0 Å². The van der Waals surface area contributed by atoms with E-state index in [1.165, 1.54) is 10.5 Å². The zero-order valence-corrected chi connectivity index (χ0v) is 19.6. The Bertz CT molecular complexity index is 671. The van der Waals surface area contributed by atoms with Crippen LogP contribution >= 0.6 is 24.0 Å². The number of piperidine rings is 2. The normalized spacial score (nSPS) is 18.6. The van der Waals surface area contributed by atoms with Crippen molar-refractivity contribution in [2.24, 2.45) is 10.9 Å². The van der Waals surface area contributed by atoms with Crippen LogP contribution in [-0.2, 0) is 16.0 Å². The Hall–Kier alpha value is -1.64. The van der Waals surface area contributed by atoms with Crippen LogP contribution in [0.25, 0.3) is 0 Å². The van der Waals surface area contributed by atoms with E-state index in [1.807, 2.05) is 0 Å². The van der Waals surface area contributed by atoms with Gasteiger partial charge in [0.15, 0.2) is 5.96 Å². The third-order valence-electron chi connectivity index (χ3n) is 5.58. The minimum atomic E-state index is -0.0572. The molecule has 0 bridgehead atoms. The maximum absolute atomic E-state index is 11.9. The molecule has 29 heavy (non-hydrogen) atoms. The van der Waals surface area contributed by atoms with E-state index < -0.39 is 0 Å². The second-order valence-corrected chi connectivity index (χ2v) is 7.65. The summed E-state index contributed by atoms with van der Waals surface area (Å²) in [6, 6.07) is 10.7. The molecule has 7 heteroatoms. The van der Waals surface area contributed by atoms with Crippen molar-refractivity contribution in [2.45, 2.75) is 45.4 Å². The maximum Gasteiger partial charge on any atom is 0.229 e. The van der Waals surface area contributed by atoms with Gasteiger partial charge in [-0.15, -0.1) is 24.0 Å². The van der Waals surface area contributed by atoms with E-state index in [0.29, 0.717) is 38.3 Å². The fraction of sp³-hybridized carbons (Fsp3) is 0.591. The average Bonchev–Trinajstić information content (AvgIpc) is 2.71. The summed E-state index contributed by atoms with van der Waals surface area (Å²) < 4.78 is 0. The molecule has 2 aliphatic rings. The van der Waals surface area contributed by atoms with E-state index in [1.54, 1.807) is 0 Å². The van der Waals surface area contributed by atoms with Gasteiger partial charge in [-0.3, -0.25) is 19.5 Å². The van der Waals surface area contributed by atoms with Crippen LogP contribution in [0.3, 0.4) is 0 Å². The number of guanidine groups is 1. The monoisotopic (exact) mass is 512 g/mol. The molecule has 0 atom stereocenters. The van der Waals surface area contributed by atoms with Gasteiger partial charge in [-0.1, -0.05) is 30.3 Å². The van der Waals surface area contributed by atoms with E-state index in [-0.39, 0.29) is 35.8 Å². The molecular weight excluding hydrogens is 479 g/mol. The summed E-state index contributed by atoms with van der Waals surface area (Å²) >= 11 is 0. The van der Waals surface area contributed by atoms with Crippen molar-refractivity contribution in [2.75, 3.05) is 32.7 Å². The number of likely N-dealkylation sites (tertiary alicyclic amines) is 2. The first kappa shape index (κ1) is 23.6. The number of nitrogens with zero attached hydrogens (tertiary/aromatic N) is 3. The van der Waals surface area contributed by atoms with Crippen LogP contribution in [-0.4, -0.2) is 60.3 Å². The van der Waals surface area contributed by atoms with E-state index >= 15 is 0 Å². The molecule has 3 rings (SSSR count). The average molecular weight is 512 g/mol. The van der Waals surface area contributed by atoms with Crippen molar-refractivity contribution in [3.63, 3.8) is 0 Å². The smallest absolute Gasteiger partial charge is 0.229 e. The molecule has 1 N–H and O–H groups in total. The molecule has 0 saturated carbocycles. The minimum Gasteiger partial charge on any atom is -0.357 e. The fourth-order valence-corrected chi connectivity index (χ4v) is 4.03. The molecule has 2 aliphatic heterocycles. The molecule has 1 aromatic rings. The summed E-state index contributed by atoms with van der Waals surface area (Å²) in [4.78, 5) is 32.2. The fourth-order valence-electron chi connectivity index (χ4n) is 4.03. The number of imide groups is 1. The van der Waals surface area contributed by atoms with E-state index in [4.69, 9.17) is 4.99 Å². The number of nitrogens with one attached hydrogen (secondary N) is 1. The molecular formula is C22H33IN4O2. The van der Waals surface area contributed by atoms with Crippen LogP contribution in [0.2, 0.25) is 0 Å². The van der Waals surface area contributed by atoms with Gasteiger partial charge < -0.3 is 10.2 Å². The van der Waals surface area contributed by atoms with Crippen molar-refractivity contribution in [3.05, 3.63) is 35.9 Å². The van der Waals surface area contributed by atoms with Gasteiger partial charge in [0.1, 0.15) is 0 Å². The molecule has 0 aliphatic carbocycles. The maximum atomic E-state index is 11.9. The summed E-state index contributed by atoms with van der Waals surface area (Å²) in [5.74, 6) is 1.50. The van der Waals surface area contributed by atoms with Gasteiger partial charge in [-0.2, -0.15) is 0 Å². The number of rotatable bonds is 6. The molecule has 2 heterocycles. The highest BCUT2D eigenvalue weighted by atomic mass is 127. The SMILES string of the molecule is CCNC(=NCCN1C(=O)CCCC1=O)N1CCC(Cc2ccccc2)CC1.I. The Morgan fingerprint density at radius 3 is 2.38 bits per heavy atom. The third kappa shape index (κ3) is 6.97. The number of hydrogen-bond donors (Lipinski definition) is 1. The molecule has 0 aromatic heterocycles. The predicted octanol–water partition coefficient (Wildman–Crippen LogP) is 3.06. The number of hydrogen-bond acceptors (Lipinski definition) is 3. The van der Waals surface area contributed by atoms with Gasteiger partial charge in [0, 0.05) is 39.0 Å². The zero-order chi connectivity index (χ0) is 19.8. The highest BCUT2D eigenvalue weighted by Gasteiger charge is 2.25. The van der Waals surface area contributed by atoms with Crippen molar-refractivity contribution < 1.29 is 9.59 Å². The Kier molecular flexibility index (Phi) is 9.90. The van der Waals surface area contributed by atoms with Crippen LogP contribution in [0.4, 0.5) is 0 Å². The first-order chi connectivity index (χ1) is 13.7. The van der Waals surface area contributed by atoms with Crippen molar-refractivity contribution >= 4 is 41.8 Å². The van der Waals surface area contributed by atoms with Gasteiger partial charge in [-0.05, 0) is 44.1 Å². The van der Waals surface area contributed by atoms with Crippen LogP contribution < -0.4 is 5.32 Å². The lowest BCUT2D eigenvalue weighted by molar-refractivity contribution is -0.147. The van der Waals surface area contributed by atoms with E-state index in [2.05, 4.69) is 47.5 Å². The Morgan fingerprint density at radius 2 is 1.76 bits per heavy atom. The topological polar surface area (TPSA) is 65.0 Å². The van der Waals surface area contributed by atoms with Crippen LogP contribution in [0, 0.1) is 5.92 Å². The molecule has 1 aromatic carbocycles. The zero-order valence-electron chi connectivity index (χ0n) is 17.3. The number of amides is 2. The minimum absolute atomic E-state index is 0. The number of carbonyl (C=O) groups excluding carboxylic acids is 2. The quantitative estimate of drug-likeness (QED) is 0.276. The molecule has 2 amide bonds. The lowest BCUT2D eigenvalue weighted by Crippen LogP contribution is -2.46. The first-order valence-electron chi connectivity index (χ1n) is 10.6. The number of halogens is 1. The number of aliphatic imine (C=N–C) groups is 1. The van der Waals surface area contributed by atoms with Crippen LogP contribution in [0.15, 0.2) is 35.3 Å². The Balaban J connectivity index is 0.00000300. The first-order valence-corrected chi connectivity index (χ1v) is 10.6. The highest BCUT2D eigenvalue weighted by Crippen LogP contribution is 2.21. The molecule has 0 unspecified atom stereocenters. The Labute approximate surface area is 191 Å². The van der Waals surface area contributed by atoms with Gasteiger partial charge in [0.25, 0.3) is 0 Å². The Morgan fingerprint density at radius 1 is 1.10 bits per heavy atom. The predicted molar refractivity (Wildman–Crippen MR) is 126 cm³/mol. The molecule has 2 fully saturated rings. The molecule has 0 spiro atoms. The highest BCUT2D eigenvalue weighted by molar-refractivity contribution is 14.0. The molecule has 2 saturated heterocycles. The van der Waals surface area contributed by atoms with Gasteiger partial charge in [0.05, 0.1) is 6.54 Å². The summed E-state index contributed by atoms with van der Waals surface area (Å²) in [5, 5.41) is 3.36. The van der Waals surface area contributed by atoms with Crippen molar-refractivity contribution in [1.29, 1.82) is 0 Å². The summed E-state index contributed by atoms with van der Waals surface area (Å²) in [6.07, 6.45) is 5.08. The second kappa shape index (κ2) is 12.1. The second-order valence-electron chi connectivity index (χ2n) is 7.65. The van der Waals surface area contributed by atoms with Crippen molar-refractivity contribution in [3.8, 4) is 0 Å². The third-order valence-corrected chi connectivity index (χ3v) is 5.58. The lowest BCUT2D eigenvalue weighted by atomic mass is 9.90. The van der Waals surface area contributed by atoms with E-state index in [9.17, 15) is 9.59 Å². The lowest BCUT2D eigenvalue weighted by Gasteiger charge is -2.34. The molecule has 0 radical (unpaired) electrons. The number of benzene rings is 1. The summed E-state index contributed by atoms with van der Waals surface area (Å²) in [5.41, 5.74) is 1.41. The standard InChI is InChI=1S/C22H32N4O2.HI/c1-2-23-22(24-13-16-26-20(27)9-6-10-21(26)28)25-14-11-19(12-15-25)17-18-7-4-3-5-8-18;/h3-5,7-8,19H,2,6,9-17H2,1H3,(H,23,24);1H. The molecule has 160 valence electrons. The number of carbonyl (C=O) groups is 2. The van der Waals surface area contributed by atoms with Crippen LogP contribution in [0.1, 0.15) is 44.6 Å².